The van der Waals surface area contributed by atoms with Crippen LogP contribution < -0.4 is 5.32 Å². The monoisotopic (exact) mass is 263 g/mol. The number of hydrogen-bond donors (Lipinski definition) is 1. The fraction of sp³-hybridized carbons (Fsp3) is 0.143. The van der Waals surface area contributed by atoms with Gasteiger partial charge in [-0.15, -0.1) is 11.3 Å². The van der Waals surface area contributed by atoms with Crippen molar-refractivity contribution in [2.45, 2.75) is 6.54 Å². The summed E-state index contributed by atoms with van der Waals surface area (Å²) in [5.41, 5.74) is 1.23. The highest BCUT2D eigenvalue weighted by molar-refractivity contribution is 7.16. The van der Waals surface area contributed by atoms with Crippen LogP contribution in [0.3, 0.4) is 0 Å². The summed E-state index contributed by atoms with van der Waals surface area (Å²) in [7, 11) is 0. The Balaban J connectivity index is 1.71. The first-order valence-corrected chi connectivity index (χ1v) is 6.70. The first-order valence-electron chi connectivity index (χ1n) is 5.51. The van der Waals surface area contributed by atoms with E-state index in [1.165, 1.54) is 10.4 Å². The Labute approximate surface area is 111 Å². The molecule has 0 amide bonds. The maximum Gasteiger partial charge on any atom is 0.0931 e. The Kier molecular flexibility index (Phi) is 4.80. The number of rotatable bonds is 5. The van der Waals surface area contributed by atoms with Gasteiger partial charge in [-0.3, -0.25) is 0 Å². The van der Waals surface area contributed by atoms with Crippen molar-refractivity contribution in [2.24, 2.45) is 0 Å². The first kappa shape index (κ1) is 12.4. The molecule has 0 unspecified atom stereocenters. The van der Waals surface area contributed by atoms with Crippen molar-refractivity contribution in [1.82, 2.24) is 5.32 Å². The summed E-state index contributed by atoms with van der Waals surface area (Å²) in [6, 6.07) is 14.3. The van der Waals surface area contributed by atoms with Crippen LogP contribution in [0.5, 0.6) is 0 Å². The van der Waals surface area contributed by atoms with E-state index in [-0.39, 0.29) is 0 Å². The molecule has 0 aliphatic carbocycles. The topological polar surface area (TPSA) is 12.0 Å². The van der Waals surface area contributed by atoms with E-state index in [1.54, 1.807) is 11.3 Å². The summed E-state index contributed by atoms with van der Waals surface area (Å²) in [5.74, 6) is 0. The molecule has 2 rings (SSSR count). The summed E-state index contributed by atoms with van der Waals surface area (Å²) < 4.78 is 0.849. The van der Waals surface area contributed by atoms with Crippen LogP contribution in [0.2, 0.25) is 4.34 Å². The van der Waals surface area contributed by atoms with Crippen molar-refractivity contribution in [1.29, 1.82) is 0 Å². The molecule has 0 aliphatic heterocycles. The van der Waals surface area contributed by atoms with Crippen molar-refractivity contribution in [3.63, 3.8) is 0 Å². The molecule has 1 nitrogen and oxygen atoms in total. The minimum absolute atomic E-state index is 0.849. The molecule has 0 bridgehead atoms. The second-order valence-corrected chi connectivity index (χ2v) is 5.45. The average molecular weight is 264 g/mol. The van der Waals surface area contributed by atoms with Gasteiger partial charge in [-0.25, -0.2) is 0 Å². The molecule has 1 N–H and O–H groups in total. The van der Waals surface area contributed by atoms with Crippen LogP contribution >= 0.6 is 22.9 Å². The molecule has 0 saturated carbocycles. The lowest BCUT2D eigenvalue weighted by Crippen LogP contribution is -2.11. The Morgan fingerprint density at radius 2 is 1.94 bits per heavy atom. The molecule has 17 heavy (non-hydrogen) atoms. The maximum atomic E-state index is 5.86. The summed E-state index contributed by atoms with van der Waals surface area (Å²) in [5, 5.41) is 3.35. The number of halogens is 1. The van der Waals surface area contributed by atoms with Crippen molar-refractivity contribution in [2.75, 3.05) is 6.54 Å². The first-order chi connectivity index (χ1) is 8.34. The summed E-state index contributed by atoms with van der Waals surface area (Å²) in [4.78, 5) is 1.27. The second kappa shape index (κ2) is 6.60. The third-order valence-electron chi connectivity index (χ3n) is 2.30. The largest absolute Gasteiger partial charge is 0.308 e. The zero-order valence-electron chi connectivity index (χ0n) is 9.40. The highest BCUT2D eigenvalue weighted by Gasteiger charge is 1.95. The Morgan fingerprint density at radius 1 is 1.12 bits per heavy atom. The highest BCUT2D eigenvalue weighted by Crippen LogP contribution is 2.20. The number of thiophene rings is 1. The molecular weight excluding hydrogens is 250 g/mol. The molecule has 0 fully saturated rings. The minimum atomic E-state index is 0.849. The predicted molar refractivity (Wildman–Crippen MR) is 76.5 cm³/mol. The molecule has 0 saturated heterocycles. The van der Waals surface area contributed by atoms with E-state index in [0.717, 1.165) is 17.4 Å². The SMILES string of the molecule is Clc1ccc(CNCC=Cc2ccccc2)s1. The molecule has 1 aromatic heterocycles. The zero-order chi connectivity index (χ0) is 11.9. The van der Waals surface area contributed by atoms with Gasteiger partial charge in [0.25, 0.3) is 0 Å². The standard InChI is InChI=1S/C14H14ClNS/c15-14-9-8-13(17-14)11-16-10-4-7-12-5-2-1-3-6-12/h1-9,16H,10-11H2. The Hall–Kier alpha value is -1.09. The molecule has 88 valence electrons. The lowest BCUT2D eigenvalue weighted by atomic mass is 10.2. The van der Waals surface area contributed by atoms with Crippen molar-refractivity contribution in [3.8, 4) is 0 Å². The lowest BCUT2D eigenvalue weighted by Gasteiger charge is -1.98. The van der Waals surface area contributed by atoms with Crippen LogP contribution in [0.25, 0.3) is 6.08 Å². The van der Waals surface area contributed by atoms with Crippen LogP contribution in [-0.2, 0) is 6.54 Å². The van der Waals surface area contributed by atoms with E-state index in [4.69, 9.17) is 11.6 Å². The van der Waals surface area contributed by atoms with E-state index in [9.17, 15) is 0 Å². The van der Waals surface area contributed by atoms with Crippen LogP contribution in [0, 0.1) is 0 Å². The molecular formula is C14H14ClNS. The second-order valence-electron chi connectivity index (χ2n) is 3.65. The minimum Gasteiger partial charge on any atom is -0.308 e. The Bertz CT molecular complexity index is 476. The van der Waals surface area contributed by atoms with Gasteiger partial charge >= 0.3 is 0 Å². The van der Waals surface area contributed by atoms with Gasteiger partial charge in [0, 0.05) is 18.0 Å². The molecule has 0 aliphatic rings. The predicted octanol–water partition coefficient (Wildman–Crippen LogP) is 4.20. The smallest absolute Gasteiger partial charge is 0.0931 e. The molecule has 2 aromatic rings. The highest BCUT2D eigenvalue weighted by atomic mass is 35.5. The molecule has 1 aromatic carbocycles. The normalized spacial score (nSPS) is 11.1. The third kappa shape index (κ3) is 4.35. The van der Waals surface area contributed by atoms with Gasteiger partial charge in [0.05, 0.1) is 4.34 Å². The zero-order valence-corrected chi connectivity index (χ0v) is 11.0. The van der Waals surface area contributed by atoms with E-state index >= 15 is 0 Å². The summed E-state index contributed by atoms with van der Waals surface area (Å²) in [6.45, 7) is 1.74. The van der Waals surface area contributed by atoms with Gasteiger partial charge < -0.3 is 5.32 Å². The van der Waals surface area contributed by atoms with Crippen molar-refractivity contribution in [3.05, 3.63) is 63.3 Å². The van der Waals surface area contributed by atoms with E-state index in [2.05, 4.69) is 35.7 Å². The summed E-state index contributed by atoms with van der Waals surface area (Å²) >= 11 is 7.48. The van der Waals surface area contributed by atoms with Gasteiger partial charge in [0.15, 0.2) is 0 Å². The van der Waals surface area contributed by atoms with Crippen LogP contribution in [0.4, 0.5) is 0 Å². The number of hydrogen-bond acceptors (Lipinski definition) is 2. The van der Waals surface area contributed by atoms with Crippen LogP contribution in [-0.4, -0.2) is 6.54 Å². The van der Waals surface area contributed by atoms with Gasteiger partial charge in [-0.1, -0.05) is 54.1 Å². The van der Waals surface area contributed by atoms with E-state index < -0.39 is 0 Å². The van der Waals surface area contributed by atoms with Crippen molar-refractivity contribution >= 4 is 29.0 Å². The molecule has 0 atom stereocenters. The average Bonchev–Trinajstić information content (AvgIpc) is 2.76. The van der Waals surface area contributed by atoms with Gasteiger partial charge in [0.2, 0.25) is 0 Å². The Morgan fingerprint density at radius 3 is 2.65 bits per heavy atom. The lowest BCUT2D eigenvalue weighted by molar-refractivity contribution is 0.771. The molecule has 0 radical (unpaired) electrons. The number of benzene rings is 1. The third-order valence-corrected chi connectivity index (χ3v) is 3.53. The van der Waals surface area contributed by atoms with Gasteiger partial charge in [-0.2, -0.15) is 0 Å². The van der Waals surface area contributed by atoms with Crippen LogP contribution in [0.1, 0.15) is 10.4 Å². The fourth-order valence-corrected chi connectivity index (χ4v) is 2.54. The maximum absolute atomic E-state index is 5.86. The van der Waals surface area contributed by atoms with Crippen LogP contribution in [0.15, 0.2) is 48.5 Å². The molecule has 1 heterocycles. The van der Waals surface area contributed by atoms with Gasteiger partial charge in [-0.05, 0) is 17.7 Å². The van der Waals surface area contributed by atoms with E-state index in [1.807, 2.05) is 24.3 Å². The van der Waals surface area contributed by atoms with Crippen molar-refractivity contribution < 1.29 is 0 Å². The number of nitrogens with one attached hydrogen (secondary N) is 1. The summed E-state index contributed by atoms with van der Waals surface area (Å²) in [6.07, 6.45) is 4.25. The van der Waals surface area contributed by atoms with E-state index in [0.29, 0.717) is 0 Å². The van der Waals surface area contributed by atoms with Gasteiger partial charge in [0.1, 0.15) is 0 Å². The molecule has 0 spiro atoms. The quantitative estimate of drug-likeness (QED) is 0.797. The fourth-order valence-electron chi connectivity index (χ4n) is 1.48. The molecule has 3 heteroatoms.